The Balaban J connectivity index is 2.81. The maximum absolute atomic E-state index is 11.1. The van der Waals surface area contributed by atoms with Gasteiger partial charge in [0.1, 0.15) is 6.04 Å². The fourth-order valence-electron chi connectivity index (χ4n) is 1.57. The first-order valence-electron chi connectivity index (χ1n) is 5.61. The zero-order valence-corrected chi connectivity index (χ0v) is 10.7. The van der Waals surface area contributed by atoms with Crippen molar-refractivity contribution >= 4 is 17.6 Å². The SMILES string of the molecule is COCCCC(Nc1c([N+](=O)[O-])ncn1C)C(=O)O. The molecule has 2 N–H and O–H groups in total. The Morgan fingerprint density at radius 1 is 1.74 bits per heavy atom. The second kappa shape index (κ2) is 6.69. The molecule has 0 fully saturated rings. The standard InChI is InChI=1S/C10H16N4O5/c1-13-6-11-8(14(17)18)9(13)12-7(10(15)16)4-3-5-19-2/h6-7,12H,3-5H2,1-2H3,(H,15,16). The van der Waals surface area contributed by atoms with Crippen LogP contribution in [0.2, 0.25) is 0 Å². The molecule has 0 aromatic carbocycles. The van der Waals surface area contributed by atoms with Crippen molar-refractivity contribution in [1.82, 2.24) is 9.55 Å². The van der Waals surface area contributed by atoms with Crippen molar-refractivity contribution < 1.29 is 19.6 Å². The van der Waals surface area contributed by atoms with Crippen LogP contribution in [0.25, 0.3) is 0 Å². The minimum atomic E-state index is -1.08. The lowest BCUT2D eigenvalue weighted by atomic mass is 10.1. The summed E-state index contributed by atoms with van der Waals surface area (Å²) in [5.41, 5.74) is 0. The van der Waals surface area contributed by atoms with E-state index in [0.29, 0.717) is 19.4 Å². The third-order valence-corrected chi connectivity index (χ3v) is 2.54. The average Bonchev–Trinajstić information content (AvgIpc) is 2.69. The van der Waals surface area contributed by atoms with Crippen molar-refractivity contribution in [3.05, 3.63) is 16.4 Å². The number of aryl methyl sites for hydroxylation is 1. The summed E-state index contributed by atoms with van der Waals surface area (Å²) in [6.07, 6.45) is 2.09. The van der Waals surface area contributed by atoms with Crippen molar-refractivity contribution in [3.8, 4) is 0 Å². The van der Waals surface area contributed by atoms with E-state index in [1.54, 1.807) is 7.05 Å². The van der Waals surface area contributed by atoms with Crippen LogP contribution in [0.4, 0.5) is 11.6 Å². The molecule has 106 valence electrons. The molecule has 0 aliphatic heterocycles. The van der Waals surface area contributed by atoms with E-state index in [2.05, 4.69) is 10.3 Å². The molecule has 0 aliphatic carbocycles. The molecule has 1 aromatic rings. The molecule has 0 radical (unpaired) electrons. The number of anilines is 1. The smallest absolute Gasteiger partial charge is 0.406 e. The fraction of sp³-hybridized carbons (Fsp3) is 0.600. The molecule has 0 aliphatic rings. The zero-order valence-electron chi connectivity index (χ0n) is 10.7. The van der Waals surface area contributed by atoms with E-state index >= 15 is 0 Å². The van der Waals surface area contributed by atoms with Gasteiger partial charge in [0.05, 0.1) is 0 Å². The molecular weight excluding hydrogens is 256 g/mol. The van der Waals surface area contributed by atoms with Crippen LogP contribution in [-0.4, -0.2) is 45.3 Å². The van der Waals surface area contributed by atoms with Gasteiger partial charge in [-0.1, -0.05) is 0 Å². The number of carboxylic acid groups (broad SMARTS) is 1. The molecule has 0 saturated heterocycles. The highest BCUT2D eigenvalue weighted by Crippen LogP contribution is 2.22. The Kier molecular flexibility index (Phi) is 5.24. The Hall–Kier alpha value is -2.16. The maximum Gasteiger partial charge on any atom is 0.406 e. The second-order valence-corrected chi connectivity index (χ2v) is 3.95. The Labute approximate surface area is 109 Å². The van der Waals surface area contributed by atoms with E-state index in [0.717, 1.165) is 0 Å². The van der Waals surface area contributed by atoms with Gasteiger partial charge >= 0.3 is 11.8 Å². The van der Waals surface area contributed by atoms with Crippen LogP contribution in [0.5, 0.6) is 0 Å². The monoisotopic (exact) mass is 272 g/mol. The van der Waals surface area contributed by atoms with E-state index in [9.17, 15) is 14.9 Å². The predicted octanol–water partition coefficient (Wildman–Crippen LogP) is 0.620. The molecule has 1 unspecified atom stereocenters. The number of hydrogen-bond donors (Lipinski definition) is 2. The normalized spacial score (nSPS) is 12.1. The summed E-state index contributed by atoms with van der Waals surface area (Å²) in [4.78, 5) is 24.8. The summed E-state index contributed by atoms with van der Waals surface area (Å²) in [6.45, 7) is 0.430. The van der Waals surface area contributed by atoms with Gasteiger partial charge in [0.15, 0.2) is 0 Å². The molecule has 1 heterocycles. The van der Waals surface area contributed by atoms with Crippen molar-refractivity contribution in [1.29, 1.82) is 0 Å². The number of nitro groups is 1. The van der Waals surface area contributed by atoms with Crippen LogP contribution in [0.15, 0.2) is 6.33 Å². The minimum absolute atomic E-state index is 0.0785. The Morgan fingerprint density at radius 2 is 2.42 bits per heavy atom. The van der Waals surface area contributed by atoms with Gasteiger partial charge in [0.25, 0.3) is 0 Å². The Morgan fingerprint density at radius 3 is 2.95 bits per heavy atom. The van der Waals surface area contributed by atoms with Crippen molar-refractivity contribution in [3.63, 3.8) is 0 Å². The number of hydrogen-bond acceptors (Lipinski definition) is 6. The Bertz CT molecular complexity index is 459. The lowest BCUT2D eigenvalue weighted by Gasteiger charge is -2.14. The second-order valence-electron chi connectivity index (χ2n) is 3.95. The molecule has 1 rings (SSSR count). The highest BCUT2D eigenvalue weighted by molar-refractivity contribution is 5.77. The van der Waals surface area contributed by atoms with Gasteiger partial charge < -0.3 is 25.3 Å². The molecular formula is C10H16N4O5. The largest absolute Gasteiger partial charge is 0.480 e. The number of methoxy groups -OCH3 is 1. The predicted molar refractivity (Wildman–Crippen MR) is 66.0 cm³/mol. The lowest BCUT2D eigenvalue weighted by Crippen LogP contribution is -2.30. The number of aliphatic carboxylic acids is 1. The molecule has 19 heavy (non-hydrogen) atoms. The topological polar surface area (TPSA) is 120 Å². The summed E-state index contributed by atoms with van der Waals surface area (Å²) in [5, 5.41) is 22.5. The first-order chi connectivity index (χ1) is 8.97. The molecule has 0 saturated carbocycles. The molecule has 9 heteroatoms. The first-order valence-corrected chi connectivity index (χ1v) is 5.61. The van der Waals surface area contributed by atoms with Gasteiger partial charge in [-0.3, -0.25) is 4.57 Å². The summed E-state index contributed by atoms with van der Waals surface area (Å²) in [6, 6.07) is -0.927. The van der Waals surface area contributed by atoms with Gasteiger partial charge in [0.2, 0.25) is 12.1 Å². The van der Waals surface area contributed by atoms with E-state index < -0.39 is 16.9 Å². The highest BCUT2D eigenvalue weighted by atomic mass is 16.6. The number of imidazole rings is 1. The van der Waals surface area contributed by atoms with Gasteiger partial charge in [-0.15, -0.1) is 0 Å². The number of carboxylic acids is 1. The third kappa shape index (κ3) is 3.91. The fourth-order valence-corrected chi connectivity index (χ4v) is 1.57. The quantitative estimate of drug-likeness (QED) is 0.404. The van der Waals surface area contributed by atoms with Crippen LogP contribution in [0, 0.1) is 10.1 Å². The minimum Gasteiger partial charge on any atom is -0.480 e. The van der Waals surface area contributed by atoms with Gasteiger partial charge in [-0.25, -0.2) is 4.79 Å². The van der Waals surface area contributed by atoms with E-state index in [-0.39, 0.29) is 11.6 Å². The van der Waals surface area contributed by atoms with Crippen molar-refractivity contribution in [2.45, 2.75) is 18.9 Å². The average molecular weight is 272 g/mol. The lowest BCUT2D eigenvalue weighted by molar-refractivity contribution is -0.388. The maximum atomic E-state index is 11.1. The molecule has 0 spiro atoms. The van der Waals surface area contributed by atoms with E-state index in [1.807, 2.05) is 0 Å². The van der Waals surface area contributed by atoms with Crippen LogP contribution in [0.1, 0.15) is 12.8 Å². The third-order valence-electron chi connectivity index (χ3n) is 2.54. The number of rotatable bonds is 8. The number of ether oxygens (including phenoxy) is 1. The van der Waals surface area contributed by atoms with Crippen molar-refractivity contribution in [2.75, 3.05) is 19.0 Å². The number of carbonyl (C=O) groups is 1. The van der Waals surface area contributed by atoms with Gasteiger partial charge in [-0.2, -0.15) is 0 Å². The van der Waals surface area contributed by atoms with Gasteiger partial charge in [0, 0.05) is 20.8 Å². The number of nitrogens with zero attached hydrogens (tertiary/aromatic N) is 3. The zero-order chi connectivity index (χ0) is 14.4. The summed E-state index contributed by atoms with van der Waals surface area (Å²) < 4.78 is 6.23. The number of nitrogens with one attached hydrogen (secondary N) is 1. The molecule has 1 aromatic heterocycles. The van der Waals surface area contributed by atoms with Crippen LogP contribution in [0.3, 0.4) is 0 Å². The molecule has 0 amide bonds. The van der Waals surface area contributed by atoms with E-state index in [1.165, 1.54) is 18.0 Å². The summed E-state index contributed by atoms with van der Waals surface area (Å²) in [5.74, 6) is -1.39. The van der Waals surface area contributed by atoms with Crippen LogP contribution in [-0.2, 0) is 16.6 Å². The van der Waals surface area contributed by atoms with Crippen LogP contribution >= 0.6 is 0 Å². The van der Waals surface area contributed by atoms with Crippen LogP contribution < -0.4 is 5.32 Å². The van der Waals surface area contributed by atoms with E-state index in [4.69, 9.17) is 9.84 Å². The van der Waals surface area contributed by atoms with Crippen molar-refractivity contribution in [2.24, 2.45) is 7.05 Å². The summed E-state index contributed by atoms with van der Waals surface area (Å²) >= 11 is 0. The van der Waals surface area contributed by atoms with Gasteiger partial charge in [-0.05, 0) is 22.7 Å². The first kappa shape index (κ1) is 14.9. The molecule has 0 bridgehead atoms. The summed E-state index contributed by atoms with van der Waals surface area (Å²) in [7, 11) is 3.07. The molecule has 1 atom stereocenters. The number of aromatic nitrogens is 2. The highest BCUT2D eigenvalue weighted by Gasteiger charge is 2.25. The molecule has 9 nitrogen and oxygen atoms in total.